The van der Waals surface area contributed by atoms with Crippen LogP contribution in [0.15, 0.2) is 12.1 Å². The van der Waals surface area contributed by atoms with E-state index in [2.05, 4.69) is 16.2 Å². The minimum Gasteiger partial charge on any atom is -0.478 e. The SMILES string of the molecule is C#CCC(C)Nc1cc(C(=O)O)cc(Cl)n1. The predicted molar refractivity (Wildman–Crippen MR) is 62.7 cm³/mol. The van der Waals surface area contributed by atoms with Crippen LogP contribution in [0.4, 0.5) is 5.82 Å². The van der Waals surface area contributed by atoms with Crippen LogP contribution in [0.2, 0.25) is 5.15 Å². The molecule has 1 rings (SSSR count). The lowest BCUT2D eigenvalue weighted by atomic mass is 10.2. The highest BCUT2D eigenvalue weighted by Gasteiger charge is 2.08. The third-order valence-electron chi connectivity index (χ3n) is 1.86. The molecule has 0 radical (unpaired) electrons. The number of carboxylic acids is 1. The van der Waals surface area contributed by atoms with Gasteiger partial charge in [-0.2, -0.15) is 0 Å². The molecule has 1 atom stereocenters. The lowest BCUT2D eigenvalue weighted by Gasteiger charge is -2.12. The second-order valence-corrected chi connectivity index (χ2v) is 3.71. The van der Waals surface area contributed by atoms with Crippen LogP contribution in [-0.2, 0) is 0 Å². The van der Waals surface area contributed by atoms with Gasteiger partial charge in [0.1, 0.15) is 11.0 Å². The monoisotopic (exact) mass is 238 g/mol. The van der Waals surface area contributed by atoms with E-state index in [4.69, 9.17) is 23.1 Å². The van der Waals surface area contributed by atoms with Gasteiger partial charge in [0.2, 0.25) is 0 Å². The molecule has 0 spiro atoms. The van der Waals surface area contributed by atoms with E-state index >= 15 is 0 Å². The number of nitrogens with one attached hydrogen (secondary N) is 1. The summed E-state index contributed by atoms with van der Waals surface area (Å²) in [6.07, 6.45) is 5.68. The Morgan fingerprint density at radius 2 is 2.44 bits per heavy atom. The first kappa shape index (κ1) is 12.3. The molecule has 1 aromatic heterocycles. The second-order valence-electron chi connectivity index (χ2n) is 3.32. The fraction of sp³-hybridized carbons (Fsp3) is 0.273. The summed E-state index contributed by atoms with van der Waals surface area (Å²) in [5, 5.41) is 11.9. The third kappa shape index (κ3) is 3.44. The van der Waals surface area contributed by atoms with Gasteiger partial charge in [0.05, 0.1) is 5.56 Å². The van der Waals surface area contributed by atoms with Gasteiger partial charge in [-0.05, 0) is 19.1 Å². The number of carboxylic acid groups (broad SMARTS) is 1. The van der Waals surface area contributed by atoms with E-state index in [9.17, 15) is 4.79 Å². The summed E-state index contributed by atoms with van der Waals surface area (Å²) in [5.41, 5.74) is 0.0930. The topological polar surface area (TPSA) is 62.2 Å². The second kappa shape index (κ2) is 5.38. The Hall–Kier alpha value is -1.73. The largest absolute Gasteiger partial charge is 0.478 e. The van der Waals surface area contributed by atoms with Crippen LogP contribution in [0.25, 0.3) is 0 Å². The van der Waals surface area contributed by atoms with E-state index in [-0.39, 0.29) is 16.8 Å². The molecule has 0 saturated carbocycles. The van der Waals surface area contributed by atoms with Crippen LogP contribution in [0.3, 0.4) is 0 Å². The summed E-state index contributed by atoms with van der Waals surface area (Å²) in [5.74, 6) is 1.87. The van der Waals surface area contributed by atoms with Crippen molar-refractivity contribution >= 4 is 23.4 Å². The van der Waals surface area contributed by atoms with Gasteiger partial charge in [0, 0.05) is 12.5 Å². The van der Waals surface area contributed by atoms with Crippen LogP contribution in [-0.4, -0.2) is 22.1 Å². The number of terminal acetylenes is 1. The van der Waals surface area contributed by atoms with Crippen molar-refractivity contribution in [1.29, 1.82) is 0 Å². The molecule has 4 nitrogen and oxygen atoms in total. The summed E-state index contributed by atoms with van der Waals surface area (Å²) >= 11 is 5.70. The summed E-state index contributed by atoms with van der Waals surface area (Å²) in [6.45, 7) is 1.88. The number of hydrogen-bond acceptors (Lipinski definition) is 3. The van der Waals surface area contributed by atoms with E-state index in [0.29, 0.717) is 12.2 Å². The van der Waals surface area contributed by atoms with Crippen molar-refractivity contribution in [3.63, 3.8) is 0 Å². The quantitative estimate of drug-likeness (QED) is 0.624. The molecule has 0 bridgehead atoms. The molecule has 5 heteroatoms. The molecular formula is C11H11ClN2O2. The average molecular weight is 239 g/mol. The number of aromatic carboxylic acids is 1. The maximum absolute atomic E-state index is 10.8. The number of nitrogens with zero attached hydrogens (tertiary/aromatic N) is 1. The molecule has 0 fully saturated rings. The van der Waals surface area contributed by atoms with Crippen molar-refractivity contribution in [2.75, 3.05) is 5.32 Å². The summed E-state index contributed by atoms with van der Waals surface area (Å²) in [4.78, 5) is 14.7. The van der Waals surface area contributed by atoms with Crippen molar-refractivity contribution in [2.45, 2.75) is 19.4 Å². The zero-order valence-corrected chi connectivity index (χ0v) is 9.45. The van der Waals surface area contributed by atoms with Gasteiger partial charge in [-0.3, -0.25) is 0 Å². The number of carbonyl (C=O) groups is 1. The molecular weight excluding hydrogens is 228 g/mol. The molecule has 0 aromatic carbocycles. The third-order valence-corrected chi connectivity index (χ3v) is 2.05. The van der Waals surface area contributed by atoms with Crippen molar-refractivity contribution < 1.29 is 9.90 Å². The molecule has 2 N–H and O–H groups in total. The summed E-state index contributed by atoms with van der Waals surface area (Å²) < 4.78 is 0. The number of halogens is 1. The first-order valence-corrected chi connectivity index (χ1v) is 5.01. The number of anilines is 1. The van der Waals surface area contributed by atoms with Gasteiger partial charge in [-0.25, -0.2) is 9.78 Å². The Kier molecular flexibility index (Phi) is 4.15. The number of rotatable bonds is 4. The molecule has 0 aliphatic rings. The van der Waals surface area contributed by atoms with Crippen molar-refractivity contribution in [2.24, 2.45) is 0 Å². The molecule has 0 amide bonds. The highest BCUT2D eigenvalue weighted by atomic mass is 35.5. The number of hydrogen-bond donors (Lipinski definition) is 2. The Morgan fingerprint density at radius 3 is 3.00 bits per heavy atom. The average Bonchev–Trinajstić information content (AvgIpc) is 2.16. The minimum atomic E-state index is -1.04. The molecule has 0 saturated heterocycles. The summed E-state index contributed by atoms with van der Waals surface area (Å²) in [7, 11) is 0. The Morgan fingerprint density at radius 1 is 1.75 bits per heavy atom. The fourth-order valence-corrected chi connectivity index (χ4v) is 1.38. The summed E-state index contributed by atoms with van der Waals surface area (Å²) in [6, 6.07) is 2.72. The van der Waals surface area contributed by atoms with E-state index in [0.717, 1.165) is 0 Å². The Bertz CT molecular complexity index is 440. The number of aromatic nitrogens is 1. The van der Waals surface area contributed by atoms with E-state index in [1.165, 1.54) is 12.1 Å². The maximum atomic E-state index is 10.8. The molecule has 1 unspecified atom stereocenters. The zero-order chi connectivity index (χ0) is 12.1. The van der Waals surface area contributed by atoms with E-state index in [1.807, 2.05) is 6.92 Å². The first-order valence-electron chi connectivity index (χ1n) is 4.64. The zero-order valence-electron chi connectivity index (χ0n) is 8.70. The van der Waals surface area contributed by atoms with E-state index in [1.54, 1.807) is 0 Å². The normalized spacial score (nSPS) is 11.6. The number of pyridine rings is 1. The van der Waals surface area contributed by atoms with Crippen LogP contribution in [0, 0.1) is 12.3 Å². The molecule has 16 heavy (non-hydrogen) atoms. The lowest BCUT2D eigenvalue weighted by Crippen LogP contribution is -2.15. The lowest BCUT2D eigenvalue weighted by molar-refractivity contribution is 0.0697. The van der Waals surface area contributed by atoms with Crippen molar-refractivity contribution in [3.05, 3.63) is 22.8 Å². The first-order chi connectivity index (χ1) is 7.52. The van der Waals surface area contributed by atoms with Gasteiger partial charge in [0.25, 0.3) is 0 Å². The van der Waals surface area contributed by atoms with Crippen LogP contribution < -0.4 is 5.32 Å². The van der Waals surface area contributed by atoms with Gasteiger partial charge in [0.15, 0.2) is 0 Å². The molecule has 1 aromatic rings. The Balaban J connectivity index is 2.89. The highest BCUT2D eigenvalue weighted by Crippen LogP contribution is 2.15. The van der Waals surface area contributed by atoms with Crippen LogP contribution in [0.5, 0.6) is 0 Å². The fourth-order valence-electron chi connectivity index (χ4n) is 1.17. The molecule has 0 aliphatic heterocycles. The van der Waals surface area contributed by atoms with Crippen molar-refractivity contribution in [1.82, 2.24) is 4.98 Å². The van der Waals surface area contributed by atoms with Gasteiger partial charge in [-0.15, -0.1) is 12.3 Å². The highest BCUT2D eigenvalue weighted by molar-refractivity contribution is 6.29. The van der Waals surface area contributed by atoms with Crippen LogP contribution in [0.1, 0.15) is 23.7 Å². The smallest absolute Gasteiger partial charge is 0.335 e. The van der Waals surface area contributed by atoms with Gasteiger partial charge < -0.3 is 10.4 Å². The van der Waals surface area contributed by atoms with Crippen LogP contribution >= 0.6 is 11.6 Å². The maximum Gasteiger partial charge on any atom is 0.335 e. The van der Waals surface area contributed by atoms with Gasteiger partial charge in [-0.1, -0.05) is 11.6 Å². The van der Waals surface area contributed by atoms with Crippen molar-refractivity contribution in [3.8, 4) is 12.3 Å². The molecule has 0 aliphatic carbocycles. The predicted octanol–water partition coefficient (Wildman–Crippen LogP) is 2.26. The molecule has 84 valence electrons. The molecule has 1 heterocycles. The van der Waals surface area contributed by atoms with E-state index < -0.39 is 5.97 Å². The Labute approximate surface area is 98.6 Å². The standard InChI is InChI=1S/C11H11ClN2O2/c1-3-4-7(2)13-10-6-8(11(15)16)5-9(12)14-10/h1,5-7H,4H2,2H3,(H,13,14)(H,15,16). The van der Waals surface area contributed by atoms with Gasteiger partial charge >= 0.3 is 5.97 Å². The minimum absolute atomic E-state index is 0.0117.